The molecule has 0 aliphatic carbocycles. The molecule has 1 amide bonds. The number of halogens is 2. The summed E-state index contributed by atoms with van der Waals surface area (Å²) in [7, 11) is -2.53. The van der Waals surface area contributed by atoms with Crippen LogP contribution in [0.4, 0.5) is 5.69 Å². The minimum absolute atomic E-state index is 0.0779. The number of rotatable bonds is 11. The van der Waals surface area contributed by atoms with E-state index in [4.69, 9.17) is 27.9 Å². The van der Waals surface area contributed by atoms with Crippen LogP contribution in [0, 0.1) is 0 Å². The highest BCUT2D eigenvalue weighted by Crippen LogP contribution is 2.31. The van der Waals surface area contributed by atoms with Crippen LogP contribution in [-0.2, 0) is 14.8 Å². The largest absolute Gasteiger partial charge is 0.495 e. The fourth-order valence-electron chi connectivity index (χ4n) is 3.05. The van der Waals surface area contributed by atoms with Crippen LogP contribution in [-0.4, -0.2) is 40.3 Å². The van der Waals surface area contributed by atoms with Gasteiger partial charge in [-0.15, -0.1) is 11.8 Å². The monoisotopic (exact) mass is 538 g/mol. The van der Waals surface area contributed by atoms with E-state index in [0.29, 0.717) is 17.3 Å². The molecule has 3 rings (SSSR count). The Bertz CT molecular complexity index is 1210. The second-order valence-electron chi connectivity index (χ2n) is 7.15. The maximum absolute atomic E-state index is 13.4. The smallest absolute Gasteiger partial charge is 0.264 e. The lowest BCUT2D eigenvalue weighted by Gasteiger charge is -2.24. The summed E-state index contributed by atoms with van der Waals surface area (Å²) in [4.78, 5) is 13.9. The van der Waals surface area contributed by atoms with Crippen molar-refractivity contribution in [3.05, 3.63) is 82.8 Å². The Morgan fingerprint density at radius 1 is 1.03 bits per heavy atom. The maximum atomic E-state index is 13.4. The fourth-order valence-corrected chi connectivity index (χ4v) is 5.72. The molecule has 10 heteroatoms. The van der Waals surface area contributed by atoms with Crippen molar-refractivity contribution in [2.75, 3.05) is 30.3 Å². The van der Waals surface area contributed by atoms with Gasteiger partial charge in [0, 0.05) is 16.5 Å². The summed E-state index contributed by atoms with van der Waals surface area (Å²) in [6.45, 7) is 0.0340. The number of carbonyl (C=O) groups excluding carboxylic acids is 1. The molecule has 3 aromatic rings. The molecule has 0 radical (unpaired) electrons. The van der Waals surface area contributed by atoms with Gasteiger partial charge in [-0.3, -0.25) is 9.10 Å². The van der Waals surface area contributed by atoms with Crippen molar-refractivity contribution in [3.63, 3.8) is 0 Å². The summed E-state index contributed by atoms with van der Waals surface area (Å²) < 4.78 is 32.9. The molecule has 6 nitrogen and oxygen atoms in total. The predicted octanol–water partition coefficient (Wildman–Crippen LogP) is 5.50. The molecule has 0 saturated heterocycles. The number of benzene rings is 3. The summed E-state index contributed by atoms with van der Waals surface area (Å²) in [6.07, 6.45) is 0.721. The van der Waals surface area contributed by atoms with E-state index in [1.54, 1.807) is 42.1 Å². The first-order chi connectivity index (χ1) is 16.3. The van der Waals surface area contributed by atoms with E-state index >= 15 is 0 Å². The molecule has 34 heavy (non-hydrogen) atoms. The molecule has 0 atom stereocenters. The highest BCUT2D eigenvalue weighted by Gasteiger charge is 2.27. The molecule has 180 valence electrons. The number of ether oxygens (including phenoxy) is 1. The molecule has 0 bridgehead atoms. The molecule has 0 heterocycles. The van der Waals surface area contributed by atoms with E-state index in [2.05, 4.69) is 5.32 Å². The summed E-state index contributed by atoms with van der Waals surface area (Å²) in [5.41, 5.74) is 0.267. The minimum Gasteiger partial charge on any atom is -0.495 e. The van der Waals surface area contributed by atoms with Crippen LogP contribution >= 0.6 is 35.0 Å². The van der Waals surface area contributed by atoms with Crippen LogP contribution in [0.2, 0.25) is 10.0 Å². The van der Waals surface area contributed by atoms with Crippen molar-refractivity contribution in [1.82, 2.24) is 5.32 Å². The van der Waals surface area contributed by atoms with E-state index in [1.165, 1.54) is 25.3 Å². The van der Waals surface area contributed by atoms with Gasteiger partial charge in [-0.05, 0) is 66.8 Å². The number of anilines is 1. The number of sulfonamides is 1. The summed E-state index contributed by atoms with van der Waals surface area (Å²) in [5, 5.41) is 3.73. The topological polar surface area (TPSA) is 75.7 Å². The van der Waals surface area contributed by atoms with E-state index in [-0.39, 0.29) is 22.2 Å². The van der Waals surface area contributed by atoms with Crippen molar-refractivity contribution in [3.8, 4) is 5.75 Å². The van der Waals surface area contributed by atoms with Gasteiger partial charge < -0.3 is 10.1 Å². The molecule has 0 saturated carbocycles. The Labute approximate surface area is 214 Å². The zero-order valence-electron chi connectivity index (χ0n) is 18.4. The molecule has 0 unspecified atom stereocenters. The van der Waals surface area contributed by atoms with Gasteiger partial charge in [0.15, 0.2) is 0 Å². The minimum atomic E-state index is -4.00. The van der Waals surface area contributed by atoms with Crippen molar-refractivity contribution < 1.29 is 17.9 Å². The van der Waals surface area contributed by atoms with Gasteiger partial charge in [0.05, 0.1) is 22.7 Å². The third-order valence-electron chi connectivity index (χ3n) is 4.77. The van der Waals surface area contributed by atoms with Crippen LogP contribution in [0.5, 0.6) is 5.75 Å². The maximum Gasteiger partial charge on any atom is 0.264 e. The molecule has 0 spiro atoms. The Morgan fingerprint density at radius 3 is 2.38 bits per heavy atom. The third kappa shape index (κ3) is 7.06. The number of nitrogens with zero attached hydrogens (tertiary/aromatic N) is 1. The summed E-state index contributed by atoms with van der Waals surface area (Å²) in [6, 6.07) is 20.1. The van der Waals surface area contributed by atoms with E-state index < -0.39 is 15.9 Å². The Hall–Kier alpha value is -2.39. The van der Waals surface area contributed by atoms with Gasteiger partial charge in [0.1, 0.15) is 12.3 Å². The average Bonchev–Trinajstić information content (AvgIpc) is 2.84. The van der Waals surface area contributed by atoms with Crippen LogP contribution in [0.1, 0.15) is 6.42 Å². The highest BCUT2D eigenvalue weighted by molar-refractivity contribution is 7.99. The van der Waals surface area contributed by atoms with Crippen molar-refractivity contribution in [2.45, 2.75) is 16.2 Å². The van der Waals surface area contributed by atoms with Gasteiger partial charge in [-0.25, -0.2) is 8.42 Å². The third-order valence-corrected chi connectivity index (χ3v) is 8.20. The molecule has 0 fully saturated rings. The molecule has 0 aliphatic heterocycles. The Morgan fingerprint density at radius 2 is 1.74 bits per heavy atom. The zero-order chi connectivity index (χ0) is 24.6. The highest BCUT2D eigenvalue weighted by atomic mass is 35.5. The first kappa shape index (κ1) is 26.2. The lowest BCUT2D eigenvalue weighted by molar-refractivity contribution is -0.119. The lowest BCUT2D eigenvalue weighted by Crippen LogP contribution is -2.41. The van der Waals surface area contributed by atoms with Gasteiger partial charge in [-0.1, -0.05) is 41.4 Å². The lowest BCUT2D eigenvalue weighted by atomic mass is 10.3. The van der Waals surface area contributed by atoms with Gasteiger partial charge in [-0.2, -0.15) is 0 Å². The fraction of sp³-hybridized carbons (Fsp3) is 0.208. The van der Waals surface area contributed by atoms with Gasteiger partial charge in [0.2, 0.25) is 5.91 Å². The molecular formula is C24H24Cl2N2O4S2. The van der Waals surface area contributed by atoms with Crippen molar-refractivity contribution >= 4 is 56.6 Å². The number of nitrogens with one attached hydrogen (secondary N) is 1. The number of methoxy groups -OCH3 is 1. The number of amides is 1. The number of thioether (sulfide) groups is 1. The van der Waals surface area contributed by atoms with Gasteiger partial charge >= 0.3 is 0 Å². The van der Waals surface area contributed by atoms with E-state index in [9.17, 15) is 13.2 Å². The van der Waals surface area contributed by atoms with Crippen LogP contribution in [0.3, 0.4) is 0 Å². The average molecular weight is 540 g/mol. The molecule has 3 aromatic carbocycles. The Kier molecular flexibility index (Phi) is 9.53. The number of carbonyl (C=O) groups is 1. The van der Waals surface area contributed by atoms with E-state index in [1.807, 2.05) is 24.3 Å². The number of hydrogen-bond acceptors (Lipinski definition) is 5. The normalized spacial score (nSPS) is 11.1. The molecular weight excluding hydrogens is 515 g/mol. The van der Waals surface area contributed by atoms with Crippen LogP contribution in [0.15, 0.2) is 82.6 Å². The van der Waals surface area contributed by atoms with Crippen molar-refractivity contribution in [1.29, 1.82) is 0 Å². The zero-order valence-corrected chi connectivity index (χ0v) is 21.6. The van der Waals surface area contributed by atoms with Crippen LogP contribution < -0.4 is 14.4 Å². The molecule has 0 aliphatic rings. The predicted molar refractivity (Wildman–Crippen MR) is 139 cm³/mol. The summed E-state index contributed by atoms with van der Waals surface area (Å²) >= 11 is 13.8. The first-order valence-corrected chi connectivity index (χ1v) is 13.6. The first-order valence-electron chi connectivity index (χ1n) is 10.4. The van der Waals surface area contributed by atoms with Crippen molar-refractivity contribution in [2.24, 2.45) is 0 Å². The molecule has 1 N–H and O–H groups in total. The quantitative estimate of drug-likeness (QED) is 0.258. The second kappa shape index (κ2) is 12.4. The van der Waals surface area contributed by atoms with Gasteiger partial charge in [0.25, 0.3) is 10.0 Å². The van der Waals surface area contributed by atoms with E-state index in [0.717, 1.165) is 21.4 Å². The Balaban J connectivity index is 1.67. The summed E-state index contributed by atoms with van der Waals surface area (Å²) in [5.74, 6) is 0.787. The molecule has 0 aromatic heterocycles. The standard InChI is InChI=1S/C24H24Cl2N2O4S2/c1-32-23-13-10-19(16-22(23)26)28(34(30,31)21-6-3-2-4-7-21)17-24(29)27-14-5-15-33-20-11-8-18(25)9-12-20/h2-4,6-13,16H,5,14-15,17H2,1H3,(H,27,29). The number of hydrogen-bond donors (Lipinski definition) is 1. The van der Waals surface area contributed by atoms with Crippen LogP contribution in [0.25, 0.3) is 0 Å². The second-order valence-corrected chi connectivity index (χ2v) is 11.0. The SMILES string of the molecule is COc1ccc(N(CC(=O)NCCCSc2ccc(Cl)cc2)S(=O)(=O)c2ccccc2)cc1Cl.